The Morgan fingerprint density at radius 1 is 1.28 bits per heavy atom. The van der Waals surface area contributed by atoms with Crippen LogP contribution in [0.15, 0.2) is 18.2 Å². The van der Waals surface area contributed by atoms with Gasteiger partial charge in [0.2, 0.25) is 0 Å². The molecule has 0 aliphatic heterocycles. The molecule has 1 aromatic carbocycles. The smallest absolute Gasteiger partial charge is 0.120 e. The average Bonchev–Trinajstić information content (AvgIpc) is 2.33. The minimum absolute atomic E-state index is 0.413. The monoisotopic (exact) mass is 267 g/mol. The summed E-state index contributed by atoms with van der Waals surface area (Å²) in [7, 11) is 0. The molecule has 0 saturated heterocycles. The molecule has 98 valence electrons. The lowest BCUT2D eigenvalue weighted by molar-refractivity contribution is 0.0926. The van der Waals surface area contributed by atoms with Crippen molar-refractivity contribution >= 4 is 11.6 Å². The summed E-state index contributed by atoms with van der Waals surface area (Å²) in [6.07, 6.45) is 1.06. The van der Waals surface area contributed by atoms with Crippen LogP contribution >= 0.6 is 11.6 Å². The minimum Gasteiger partial charge on any atom is -0.491 e. The number of hydrogen-bond acceptors (Lipinski definition) is 3. The van der Waals surface area contributed by atoms with Gasteiger partial charge in [-0.05, 0) is 24.5 Å². The van der Waals surface area contributed by atoms with E-state index in [0.29, 0.717) is 35.5 Å². The van der Waals surface area contributed by atoms with E-state index in [2.05, 4.69) is 13.8 Å². The quantitative estimate of drug-likeness (QED) is 0.708. The lowest BCUT2D eigenvalue weighted by Crippen LogP contribution is -2.08. The maximum absolute atomic E-state index is 8.73. The summed E-state index contributed by atoms with van der Waals surface area (Å²) in [4.78, 5) is 0. The van der Waals surface area contributed by atoms with Crippen molar-refractivity contribution < 1.29 is 9.47 Å². The molecule has 0 fully saturated rings. The first-order valence-electron chi connectivity index (χ1n) is 6.03. The normalized spacial score (nSPS) is 10.4. The van der Waals surface area contributed by atoms with Crippen molar-refractivity contribution in [3.8, 4) is 11.8 Å². The Kier molecular flexibility index (Phi) is 6.56. The highest BCUT2D eigenvalue weighted by atomic mass is 35.5. The Labute approximate surface area is 113 Å². The van der Waals surface area contributed by atoms with Crippen LogP contribution in [-0.4, -0.2) is 19.8 Å². The highest BCUT2D eigenvalue weighted by molar-refractivity contribution is 6.31. The molecule has 1 aromatic rings. The summed E-state index contributed by atoms with van der Waals surface area (Å²) >= 11 is 5.89. The summed E-state index contributed by atoms with van der Waals surface area (Å²) < 4.78 is 10.9. The Balaban J connectivity index is 2.24. The van der Waals surface area contributed by atoms with Crippen molar-refractivity contribution in [2.24, 2.45) is 5.92 Å². The third-order valence-corrected chi connectivity index (χ3v) is 2.71. The number of benzene rings is 1. The molecule has 3 nitrogen and oxygen atoms in total. The second-order valence-electron chi connectivity index (χ2n) is 4.40. The molecule has 18 heavy (non-hydrogen) atoms. The third-order valence-electron chi connectivity index (χ3n) is 2.40. The van der Waals surface area contributed by atoms with Crippen LogP contribution in [0.3, 0.4) is 0 Å². The highest BCUT2D eigenvalue weighted by Crippen LogP contribution is 2.21. The van der Waals surface area contributed by atoms with Crippen LogP contribution in [0.2, 0.25) is 5.02 Å². The fourth-order valence-electron chi connectivity index (χ4n) is 1.32. The van der Waals surface area contributed by atoms with E-state index >= 15 is 0 Å². The fourth-order valence-corrected chi connectivity index (χ4v) is 1.53. The van der Waals surface area contributed by atoms with Crippen LogP contribution < -0.4 is 4.74 Å². The molecular weight excluding hydrogens is 250 g/mol. The molecule has 0 heterocycles. The largest absolute Gasteiger partial charge is 0.491 e. The van der Waals surface area contributed by atoms with Crippen molar-refractivity contribution in [3.05, 3.63) is 28.8 Å². The summed E-state index contributed by atoms with van der Waals surface area (Å²) in [5.41, 5.74) is 0.456. The molecule has 0 radical (unpaired) electrons. The van der Waals surface area contributed by atoms with Crippen molar-refractivity contribution in [1.29, 1.82) is 5.26 Å². The van der Waals surface area contributed by atoms with Crippen LogP contribution in [0.5, 0.6) is 5.75 Å². The Morgan fingerprint density at radius 2 is 2.06 bits per heavy atom. The Bertz CT molecular complexity index is 413. The first-order valence-corrected chi connectivity index (χ1v) is 6.41. The standard InChI is InChI=1S/C14H18ClNO2/c1-11(2)5-6-17-7-8-18-13-4-3-12(10-16)14(15)9-13/h3-4,9,11H,5-8H2,1-2H3. The average molecular weight is 268 g/mol. The summed E-state index contributed by atoms with van der Waals surface area (Å²) in [5.74, 6) is 1.31. The number of rotatable bonds is 7. The van der Waals surface area contributed by atoms with E-state index < -0.39 is 0 Å². The van der Waals surface area contributed by atoms with E-state index in [9.17, 15) is 0 Å². The van der Waals surface area contributed by atoms with Gasteiger partial charge < -0.3 is 9.47 Å². The van der Waals surface area contributed by atoms with Crippen molar-refractivity contribution in [2.75, 3.05) is 19.8 Å². The molecule has 0 saturated carbocycles. The third kappa shape index (κ3) is 5.39. The van der Waals surface area contributed by atoms with E-state index in [1.165, 1.54) is 0 Å². The zero-order valence-electron chi connectivity index (χ0n) is 10.8. The van der Waals surface area contributed by atoms with E-state index in [1.807, 2.05) is 6.07 Å². The second-order valence-corrected chi connectivity index (χ2v) is 4.80. The number of nitriles is 1. The highest BCUT2D eigenvalue weighted by Gasteiger charge is 2.01. The lowest BCUT2D eigenvalue weighted by Gasteiger charge is -2.08. The number of ether oxygens (including phenoxy) is 2. The van der Waals surface area contributed by atoms with Gasteiger partial charge in [-0.25, -0.2) is 0 Å². The molecule has 0 amide bonds. The molecule has 0 aliphatic rings. The minimum atomic E-state index is 0.413. The van der Waals surface area contributed by atoms with Crippen LogP contribution in [0.1, 0.15) is 25.8 Å². The van der Waals surface area contributed by atoms with Crippen molar-refractivity contribution in [1.82, 2.24) is 0 Å². The predicted molar refractivity (Wildman–Crippen MR) is 71.9 cm³/mol. The van der Waals surface area contributed by atoms with E-state index in [4.69, 9.17) is 26.3 Å². The van der Waals surface area contributed by atoms with Gasteiger partial charge in [0.25, 0.3) is 0 Å². The Hall–Kier alpha value is -1.24. The Morgan fingerprint density at radius 3 is 2.67 bits per heavy atom. The maximum Gasteiger partial charge on any atom is 0.120 e. The van der Waals surface area contributed by atoms with Crippen LogP contribution in [0.4, 0.5) is 0 Å². The van der Waals surface area contributed by atoms with Crippen molar-refractivity contribution in [3.63, 3.8) is 0 Å². The number of hydrogen-bond donors (Lipinski definition) is 0. The summed E-state index contributed by atoms with van der Waals surface area (Å²) in [5, 5.41) is 9.14. The molecule has 1 rings (SSSR count). The molecular formula is C14H18ClNO2. The topological polar surface area (TPSA) is 42.2 Å². The van der Waals surface area contributed by atoms with Crippen LogP contribution in [-0.2, 0) is 4.74 Å². The van der Waals surface area contributed by atoms with Crippen LogP contribution in [0, 0.1) is 17.2 Å². The van der Waals surface area contributed by atoms with Gasteiger partial charge >= 0.3 is 0 Å². The molecule has 4 heteroatoms. The first kappa shape index (κ1) is 14.8. The zero-order valence-corrected chi connectivity index (χ0v) is 11.5. The number of halogens is 1. The second kappa shape index (κ2) is 7.97. The van der Waals surface area contributed by atoms with Crippen LogP contribution in [0.25, 0.3) is 0 Å². The molecule has 0 atom stereocenters. The van der Waals surface area contributed by atoms with E-state index in [-0.39, 0.29) is 0 Å². The molecule has 0 N–H and O–H groups in total. The fraction of sp³-hybridized carbons (Fsp3) is 0.500. The molecule has 0 aliphatic carbocycles. The van der Waals surface area contributed by atoms with E-state index in [0.717, 1.165) is 13.0 Å². The lowest BCUT2D eigenvalue weighted by atomic mass is 10.1. The maximum atomic E-state index is 8.73. The van der Waals surface area contributed by atoms with Gasteiger partial charge in [-0.3, -0.25) is 0 Å². The molecule has 0 bridgehead atoms. The summed E-state index contributed by atoms with van der Waals surface area (Å²) in [6.45, 7) is 6.14. The molecule has 0 unspecified atom stereocenters. The first-order chi connectivity index (χ1) is 8.63. The zero-order chi connectivity index (χ0) is 13.4. The summed E-state index contributed by atoms with van der Waals surface area (Å²) in [6, 6.07) is 7.04. The van der Waals surface area contributed by atoms with Gasteiger partial charge in [0.1, 0.15) is 18.4 Å². The van der Waals surface area contributed by atoms with Gasteiger partial charge in [-0.15, -0.1) is 0 Å². The molecule has 0 aromatic heterocycles. The predicted octanol–water partition coefficient (Wildman–Crippen LogP) is 3.65. The van der Waals surface area contributed by atoms with Gasteiger partial charge in [-0.2, -0.15) is 5.26 Å². The number of nitrogens with zero attached hydrogens (tertiary/aromatic N) is 1. The van der Waals surface area contributed by atoms with Crippen molar-refractivity contribution in [2.45, 2.75) is 20.3 Å². The van der Waals surface area contributed by atoms with Gasteiger partial charge in [0, 0.05) is 12.7 Å². The SMILES string of the molecule is CC(C)CCOCCOc1ccc(C#N)c(Cl)c1. The van der Waals surface area contributed by atoms with Gasteiger partial charge in [0.15, 0.2) is 0 Å². The van der Waals surface area contributed by atoms with Gasteiger partial charge in [0.05, 0.1) is 17.2 Å². The van der Waals surface area contributed by atoms with E-state index in [1.54, 1.807) is 18.2 Å². The molecule has 0 spiro atoms. The van der Waals surface area contributed by atoms with Gasteiger partial charge in [-0.1, -0.05) is 25.4 Å².